The Balaban J connectivity index is 1.92. The summed E-state index contributed by atoms with van der Waals surface area (Å²) in [6.45, 7) is 4.36. The van der Waals surface area contributed by atoms with Gasteiger partial charge < -0.3 is 15.0 Å². The van der Waals surface area contributed by atoms with Crippen molar-refractivity contribution in [3.8, 4) is 17.0 Å². The molecular weight excluding hydrogens is 300 g/mol. The van der Waals surface area contributed by atoms with Gasteiger partial charge in [0, 0.05) is 12.1 Å². The van der Waals surface area contributed by atoms with Crippen LogP contribution in [0.25, 0.3) is 22.3 Å². The van der Waals surface area contributed by atoms with E-state index >= 15 is 0 Å². The Morgan fingerprint density at radius 3 is 2.67 bits per heavy atom. The lowest BCUT2D eigenvalue weighted by Gasteiger charge is -2.11. The third kappa shape index (κ3) is 3.41. The van der Waals surface area contributed by atoms with Crippen LogP contribution in [-0.2, 0) is 6.54 Å². The highest BCUT2D eigenvalue weighted by molar-refractivity contribution is 5.93. The van der Waals surface area contributed by atoms with E-state index in [0.29, 0.717) is 6.61 Å². The molecular formula is C19H24N4O. The van der Waals surface area contributed by atoms with E-state index in [1.54, 1.807) is 0 Å². The van der Waals surface area contributed by atoms with Crippen molar-refractivity contribution in [2.75, 3.05) is 13.2 Å². The van der Waals surface area contributed by atoms with Crippen LogP contribution >= 0.6 is 0 Å². The number of nitrogens with two attached hydrogens (primary N) is 1. The molecule has 1 aromatic carbocycles. The summed E-state index contributed by atoms with van der Waals surface area (Å²) in [7, 11) is 0. The smallest absolute Gasteiger partial charge is 0.163 e. The van der Waals surface area contributed by atoms with E-state index in [1.165, 1.54) is 0 Å². The minimum atomic E-state index is 0.677. The maximum absolute atomic E-state index is 5.99. The number of nitrogens with zero attached hydrogens (tertiary/aromatic N) is 3. The molecule has 5 heteroatoms. The molecule has 0 saturated heterocycles. The third-order valence-electron chi connectivity index (χ3n) is 4.10. The molecule has 0 aliphatic rings. The quantitative estimate of drug-likeness (QED) is 0.643. The second-order valence-electron chi connectivity index (χ2n) is 5.76. The van der Waals surface area contributed by atoms with E-state index in [9.17, 15) is 0 Å². The summed E-state index contributed by atoms with van der Waals surface area (Å²) in [6, 6.07) is 10.1. The molecule has 0 amide bonds. The molecule has 3 aromatic rings. The highest BCUT2D eigenvalue weighted by Crippen LogP contribution is 2.31. The number of hydrogen-bond acceptors (Lipinski definition) is 4. The minimum Gasteiger partial charge on any atom is -0.490 e. The molecule has 5 nitrogen and oxygen atoms in total. The van der Waals surface area contributed by atoms with Crippen LogP contribution in [0, 0.1) is 0 Å². The lowest BCUT2D eigenvalue weighted by atomic mass is 10.1. The second kappa shape index (κ2) is 7.93. The van der Waals surface area contributed by atoms with Crippen molar-refractivity contribution in [2.24, 2.45) is 5.73 Å². The van der Waals surface area contributed by atoms with Gasteiger partial charge in [0.2, 0.25) is 0 Å². The van der Waals surface area contributed by atoms with Crippen molar-refractivity contribution in [2.45, 2.75) is 32.7 Å². The predicted molar refractivity (Wildman–Crippen MR) is 97.0 cm³/mol. The van der Waals surface area contributed by atoms with Crippen molar-refractivity contribution in [3.63, 3.8) is 0 Å². The molecule has 2 N–H and O–H groups in total. The topological polar surface area (TPSA) is 66.0 Å². The number of unbranched alkanes of at least 4 members (excludes halogenated alkanes) is 2. The summed E-state index contributed by atoms with van der Waals surface area (Å²) >= 11 is 0. The van der Waals surface area contributed by atoms with E-state index in [1.807, 2.05) is 30.7 Å². The van der Waals surface area contributed by atoms with Gasteiger partial charge in [-0.1, -0.05) is 30.3 Å². The Morgan fingerprint density at radius 1 is 1.08 bits per heavy atom. The zero-order valence-electron chi connectivity index (χ0n) is 14.1. The van der Waals surface area contributed by atoms with Crippen LogP contribution in [0.15, 0.2) is 42.9 Å². The highest BCUT2D eigenvalue weighted by atomic mass is 16.5. The Hall–Kier alpha value is -2.40. The average Bonchev–Trinajstić information content (AvgIpc) is 3.07. The fourth-order valence-corrected chi connectivity index (χ4v) is 2.82. The van der Waals surface area contributed by atoms with Gasteiger partial charge in [-0.2, -0.15) is 0 Å². The van der Waals surface area contributed by atoms with Gasteiger partial charge in [0.25, 0.3) is 0 Å². The first-order valence-corrected chi connectivity index (χ1v) is 8.57. The molecule has 0 spiro atoms. The molecule has 0 aliphatic carbocycles. The molecule has 126 valence electrons. The van der Waals surface area contributed by atoms with E-state index in [-0.39, 0.29) is 0 Å². The standard InChI is InChI=1S/C19H24N4O/c1-2-23-14-22-18-17(15-9-5-3-6-10-15)21-13-16(19(18)23)24-12-8-4-7-11-20/h3,5-6,9-10,13-14H,2,4,7-8,11-12,20H2,1H3. The Bertz CT molecular complexity index is 783. The van der Waals surface area contributed by atoms with Crippen LogP contribution in [0.5, 0.6) is 5.75 Å². The van der Waals surface area contributed by atoms with E-state index < -0.39 is 0 Å². The molecule has 0 atom stereocenters. The largest absolute Gasteiger partial charge is 0.490 e. The third-order valence-corrected chi connectivity index (χ3v) is 4.10. The summed E-state index contributed by atoms with van der Waals surface area (Å²) in [5, 5.41) is 0. The number of imidazole rings is 1. The van der Waals surface area contributed by atoms with Gasteiger partial charge in [-0.3, -0.25) is 0 Å². The van der Waals surface area contributed by atoms with Crippen LogP contribution < -0.4 is 10.5 Å². The van der Waals surface area contributed by atoms with Gasteiger partial charge in [0.15, 0.2) is 5.75 Å². The van der Waals surface area contributed by atoms with Crippen molar-refractivity contribution < 1.29 is 4.74 Å². The number of pyridine rings is 1. The first kappa shape index (κ1) is 16.5. The lowest BCUT2D eigenvalue weighted by molar-refractivity contribution is 0.307. The van der Waals surface area contributed by atoms with Gasteiger partial charge in [0.1, 0.15) is 11.0 Å². The average molecular weight is 324 g/mol. The van der Waals surface area contributed by atoms with Gasteiger partial charge in [-0.25, -0.2) is 9.97 Å². The monoisotopic (exact) mass is 324 g/mol. The maximum atomic E-state index is 5.99. The molecule has 3 rings (SSSR count). The van der Waals surface area contributed by atoms with E-state index in [2.05, 4.69) is 33.6 Å². The molecule has 0 aliphatic heterocycles. The molecule has 24 heavy (non-hydrogen) atoms. The van der Waals surface area contributed by atoms with Crippen molar-refractivity contribution in [1.29, 1.82) is 0 Å². The summed E-state index contributed by atoms with van der Waals surface area (Å²) in [6.07, 6.45) is 6.81. The zero-order valence-corrected chi connectivity index (χ0v) is 14.1. The van der Waals surface area contributed by atoms with E-state index in [0.717, 1.165) is 60.4 Å². The maximum Gasteiger partial charge on any atom is 0.163 e. The number of hydrogen-bond donors (Lipinski definition) is 1. The molecule has 0 bridgehead atoms. The molecule has 0 unspecified atom stereocenters. The normalized spacial score (nSPS) is 11.1. The number of aromatic nitrogens is 3. The summed E-state index contributed by atoms with van der Waals surface area (Å²) in [5.74, 6) is 0.803. The molecule has 0 fully saturated rings. The van der Waals surface area contributed by atoms with Crippen LogP contribution in [0.4, 0.5) is 0 Å². The molecule has 0 radical (unpaired) electrons. The minimum absolute atomic E-state index is 0.677. The number of aryl methyl sites for hydroxylation is 1. The van der Waals surface area contributed by atoms with Gasteiger partial charge in [-0.05, 0) is 32.7 Å². The summed E-state index contributed by atoms with van der Waals surface area (Å²) < 4.78 is 8.10. The Morgan fingerprint density at radius 2 is 1.92 bits per heavy atom. The van der Waals surface area contributed by atoms with Crippen molar-refractivity contribution in [3.05, 3.63) is 42.9 Å². The van der Waals surface area contributed by atoms with Crippen LogP contribution in [0.3, 0.4) is 0 Å². The van der Waals surface area contributed by atoms with Gasteiger partial charge in [-0.15, -0.1) is 0 Å². The number of benzene rings is 1. The highest BCUT2D eigenvalue weighted by Gasteiger charge is 2.15. The number of fused-ring (bicyclic) bond motifs is 1. The van der Waals surface area contributed by atoms with E-state index in [4.69, 9.17) is 10.5 Å². The van der Waals surface area contributed by atoms with Crippen LogP contribution in [0.1, 0.15) is 26.2 Å². The van der Waals surface area contributed by atoms with Crippen LogP contribution in [0.2, 0.25) is 0 Å². The molecule has 2 aromatic heterocycles. The fraction of sp³-hybridized carbons (Fsp3) is 0.368. The Kier molecular flexibility index (Phi) is 5.43. The van der Waals surface area contributed by atoms with Gasteiger partial charge in [0.05, 0.1) is 24.8 Å². The van der Waals surface area contributed by atoms with Crippen LogP contribution in [-0.4, -0.2) is 27.7 Å². The lowest BCUT2D eigenvalue weighted by Crippen LogP contribution is -2.03. The SMILES string of the molecule is CCn1cnc2c(-c3ccccc3)ncc(OCCCCCN)c21. The summed E-state index contributed by atoms with van der Waals surface area (Å²) in [5.41, 5.74) is 9.40. The number of rotatable bonds is 8. The van der Waals surface area contributed by atoms with Gasteiger partial charge >= 0.3 is 0 Å². The fourth-order valence-electron chi connectivity index (χ4n) is 2.82. The molecule has 2 heterocycles. The Labute approximate surface area is 142 Å². The zero-order chi connectivity index (χ0) is 16.8. The summed E-state index contributed by atoms with van der Waals surface area (Å²) in [4.78, 5) is 9.21. The van der Waals surface area contributed by atoms with Crippen molar-refractivity contribution in [1.82, 2.24) is 14.5 Å². The molecule has 0 saturated carbocycles. The second-order valence-corrected chi connectivity index (χ2v) is 5.76. The first-order chi connectivity index (χ1) is 11.8. The number of ether oxygens (including phenoxy) is 1. The predicted octanol–water partition coefficient (Wildman–Crippen LogP) is 3.63. The first-order valence-electron chi connectivity index (χ1n) is 8.57. The van der Waals surface area contributed by atoms with Crippen molar-refractivity contribution >= 4 is 11.0 Å².